The smallest absolute Gasteiger partial charge is 0.243 e. The third kappa shape index (κ3) is 9.69. The zero-order valence-electron chi connectivity index (χ0n) is 25.1. The number of nitrogens with one attached hydrogen (secondary N) is 1. The van der Waals surface area contributed by atoms with Gasteiger partial charge in [-0.2, -0.15) is 0 Å². The predicted octanol–water partition coefficient (Wildman–Crippen LogP) is 5.49. The van der Waals surface area contributed by atoms with E-state index in [1.165, 1.54) is 15.3 Å². The van der Waals surface area contributed by atoms with E-state index >= 15 is 0 Å². The average molecular weight is 596 g/mol. The quantitative estimate of drug-likeness (QED) is 0.283. The SMILES string of the molecule is CCc1ccc(N(CCCC(=O)N(Cc2ccccc2F)C(Cc2ccccc2)C(=O)NC(C)(C)C)S(C)(=O)=O)cc1. The molecule has 0 saturated carbocycles. The van der Waals surface area contributed by atoms with Crippen molar-refractivity contribution in [2.45, 2.75) is 71.5 Å². The molecule has 9 heteroatoms. The number of sulfonamides is 1. The number of carbonyl (C=O) groups is 2. The number of hydrogen-bond donors (Lipinski definition) is 1. The molecule has 0 aliphatic carbocycles. The maximum absolute atomic E-state index is 14.8. The van der Waals surface area contributed by atoms with Crippen LogP contribution < -0.4 is 9.62 Å². The number of aryl methyl sites for hydroxylation is 1. The summed E-state index contributed by atoms with van der Waals surface area (Å²) in [5.74, 6) is -1.17. The van der Waals surface area contributed by atoms with Gasteiger partial charge in [0.25, 0.3) is 0 Å². The van der Waals surface area contributed by atoms with Gasteiger partial charge in [0.15, 0.2) is 0 Å². The molecule has 0 spiro atoms. The first kappa shape index (κ1) is 32.8. The van der Waals surface area contributed by atoms with Gasteiger partial charge in [-0.15, -0.1) is 0 Å². The van der Waals surface area contributed by atoms with Crippen LogP contribution in [0.1, 0.15) is 57.2 Å². The number of benzene rings is 3. The fourth-order valence-corrected chi connectivity index (χ4v) is 5.68. The first-order valence-corrected chi connectivity index (χ1v) is 16.1. The molecule has 0 fully saturated rings. The molecule has 0 aliphatic heterocycles. The van der Waals surface area contributed by atoms with Crippen LogP contribution in [0.15, 0.2) is 78.9 Å². The second-order valence-electron chi connectivity index (χ2n) is 11.5. The lowest BCUT2D eigenvalue weighted by Crippen LogP contribution is -2.54. The average Bonchev–Trinajstić information content (AvgIpc) is 2.93. The molecule has 0 bridgehead atoms. The van der Waals surface area contributed by atoms with Gasteiger partial charge in [-0.05, 0) is 62.9 Å². The lowest BCUT2D eigenvalue weighted by atomic mass is 10.00. The molecule has 0 aromatic heterocycles. The van der Waals surface area contributed by atoms with Gasteiger partial charge in [-0.3, -0.25) is 13.9 Å². The first-order valence-electron chi connectivity index (χ1n) is 14.2. The third-order valence-electron chi connectivity index (χ3n) is 6.85. The van der Waals surface area contributed by atoms with E-state index in [2.05, 4.69) is 5.32 Å². The van der Waals surface area contributed by atoms with Crippen molar-refractivity contribution in [2.24, 2.45) is 0 Å². The Bertz CT molecular complexity index is 1440. The van der Waals surface area contributed by atoms with Crippen LogP contribution in [-0.4, -0.2) is 49.5 Å². The van der Waals surface area contributed by atoms with Crippen molar-refractivity contribution in [3.63, 3.8) is 0 Å². The minimum Gasteiger partial charge on any atom is -0.350 e. The Hall–Kier alpha value is -3.72. The Labute approximate surface area is 249 Å². The lowest BCUT2D eigenvalue weighted by molar-refractivity contribution is -0.142. The Morgan fingerprint density at radius 2 is 1.52 bits per heavy atom. The normalized spacial score (nSPS) is 12.4. The number of amides is 2. The topological polar surface area (TPSA) is 86.8 Å². The molecule has 2 amide bonds. The van der Waals surface area contributed by atoms with Crippen LogP contribution in [0.2, 0.25) is 0 Å². The largest absolute Gasteiger partial charge is 0.350 e. The summed E-state index contributed by atoms with van der Waals surface area (Å²) < 4.78 is 41.4. The van der Waals surface area contributed by atoms with Crippen LogP contribution in [0.25, 0.3) is 0 Å². The molecule has 226 valence electrons. The van der Waals surface area contributed by atoms with Crippen molar-refractivity contribution in [2.75, 3.05) is 17.1 Å². The highest BCUT2D eigenvalue weighted by Gasteiger charge is 2.32. The molecular weight excluding hydrogens is 553 g/mol. The number of halogens is 1. The molecule has 1 unspecified atom stereocenters. The van der Waals surface area contributed by atoms with Crippen LogP contribution in [0.4, 0.5) is 10.1 Å². The molecule has 42 heavy (non-hydrogen) atoms. The maximum Gasteiger partial charge on any atom is 0.243 e. The summed E-state index contributed by atoms with van der Waals surface area (Å²) >= 11 is 0. The fraction of sp³-hybridized carbons (Fsp3) is 0.394. The van der Waals surface area contributed by atoms with Crippen molar-refractivity contribution in [1.82, 2.24) is 10.2 Å². The predicted molar refractivity (Wildman–Crippen MR) is 166 cm³/mol. The summed E-state index contributed by atoms with van der Waals surface area (Å²) in [5, 5.41) is 2.99. The van der Waals surface area contributed by atoms with Crippen molar-refractivity contribution in [1.29, 1.82) is 0 Å². The maximum atomic E-state index is 14.8. The fourth-order valence-electron chi connectivity index (χ4n) is 4.72. The molecule has 0 radical (unpaired) electrons. The van der Waals surface area contributed by atoms with Gasteiger partial charge in [0.2, 0.25) is 21.8 Å². The third-order valence-corrected chi connectivity index (χ3v) is 8.05. The Kier molecular flexibility index (Phi) is 11.3. The number of hydrogen-bond acceptors (Lipinski definition) is 4. The molecular formula is C33H42FN3O4S. The molecule has 0 aliphatic rings. The van der Waals surface area contributed by atoms with Gasteiger partial charge in [-0.1, -0.05) is 67.6 Å². The number of anilines is 1. The number of carbonyl (C=O) groups excluding carboxylic acids is 2. The van der Waals surface area contributed by atoms with Gasteiger partial charge < -0.3 is 10.2 Å². The van der Waals surface area contributed by atoms with Crippen molar-refractivity contribution in [3.8, 4) is 0 Å². The van der Waals surface area contributed by atoms with E-state index in [1.807, 2.05) is 70.2 Å². The van der Waals surface area contributed by atoms with E-state index in [1.54, 1.807) is 30.3 Å². The molecule has 0 saturated heterocycles. The van der Waals surface area contributed by atoms with Crippen LogP contribution in [0.5, 0.6) is 0 Å². The van der Waals surface area contributed by atoms with Gasteiger partial charge in [0.05, 0.1) is 11.9 Å². The van der Waals surface area contributed by atoms with E-state index in [0.717, 1.165) is 23.8 Å². The highest BCUT2D eigenvalue weighted by Crippen LogP contribution is 2.22. The van der Waals surface area contributed by atoms with Crippen molar-refractivity contribution in [3.05, 3.63) is 101 Å². The van der Waals surface area contributed by atoms with E-state index in [4.69, 9.17) is 0 Å². The second kappa shape index (κ2) is 14.4. The van der Waals surface area contributed by atoms with Crippen LogP contribution in [-0.2, 0) is 39.0 Å². The summed E-state index contributed by atoms with van der Waals surface area (Å²) in [6, 6.07) is 22.0. The van der Waals surface area contributed by atoms with Crippen LogP contribution in [0.3, 0.4) is 0 Å². The Morgan fingerprint density at radius 1 is 0.905 bits per heavy atom. The van der Waals surface area contributed by atoms with Crippen molar-refractivity contribution < 1.29 is 22.4 Å². The summed E-state index contributed by atoms with van der Waals surface area (Å²) in [7, 11) is -3.61. The van der Waals surface area contributed by atoms with E-state index in [-0.39, 0.29) is 44.2 Å². The highest BCUT2D eigenvalue weighted by molar-refractivity contribution is 7.92. The first-order chi connectivity index (χ1) is 19.8. The zero-order chi connectivity index (χ0) is 30.9. The summed E-state index contributed by atoms with van der Waals surface area (Å²) in [4.78, 5) is 28.9. The van der Waals surface area contributed by atoms with Crippen LogP contribution >= 0.6 is 0 Å². The molecule has 1 atom stereocenters. The Morgan fingerprint density at radius 3 is 2.10 bits per heavy atom. The molecule has 3 rings (SSSR count). The lowest BCUT2D eigenvalue weighted by Gasteiger charge is -2.34. The van der Waals surface area contributed by atoms with Gasteiger partial charge in [0, 0.05) is 37.0 Å². The van der Waals surface area contributed by atoms with Gasteiger partial charge in [0.1, 0.15) is 11.9 Å². The highest BCUT2D eigenvalue weighted by atomic mass is 32.2. The number of nitrogens with zero attached hydrogens (tertiary/aromatic N) is 2. The number of rotatable bonds is 13. The van der Waals surface area contributed by atoms with E-state index < -0.39 is 27.4 Å². The minimum absolute atomic E-state index is 0.0262. The van der Waals surface area contributed by atoms with E-state index in [0.29, 0.717) is 11.3 Å². The summed E-state index contributed by atoms with van der Waals surface area (Å²) in [5.41, 5.74) is 2.21. The Balaban J connectivity index is 1.90. The summed E-state index contributed by atoms with van der Waals surface area (Å²) in [6.45, 7) is 7.59. The molecule has 3 aromatic carbocycles. The van der Waals surface area contributed by atoms with Crippen molar-refractivity contribution >= 4 is 27.5 Å². The standard InChI is InChI=1S/C33H42FN3O4S/c1-6-25-18-20-28(21-19-25)37(42(5,40)41)22-12-17-31(38)36(24-27-15-10-11-16-29(27)34)30(32(39)35-33(2,3)4)23-26-13-8-7-9-14-26/h7-11,13-16,18-21,30H,6,12,17,22-24H2,1-5H3,(H,35,39). The molecule has 0 heterocycles. The van der Waals surface area contributed by atoms with Gasteiger partial charge >= 0.3 is 0 Å². The molecule has 7 nitrogen and oxygen atoms in total. The summed E-state index contributed by atoms with van der Waals surface area (Å²) in [6.07, 6.45) is 2.40. The second-order valence-corrected chi connectivity index (χ2v) is 13.4. The molecule has 1 N–H and O–H groups in total. The zero-order valence-corrected chi connectivity index (χ0v) is 26.0. The van der Waals surface area contributed by atoms with Gasteiger partial charge in [-0.25, -0.2) is 12.8 Å². The minimum atomic E-state index is -3.61. The van der Waals surface area contributed by atoms with E-state index in [9.17, 15) is 22.4 Å². The molecule has 3 aromatic rings. The monoisotopic (exact) mass is 595 g/mol. The van der Waals surface area contributed by atoms with Crippen LogP contribution in [0, 0.1) is 5.82 Å².